The molecule has 1 saturated heterocycles. The van der Waals surface area contributed by atoms with Gasteiger partial charge in [0.2, 0.25) is 5.95 Å². The molecule has 1 aliphatic heterocycles. The molecule has 1 fully saturated rings. The first kappa shape index (κ1) is 19.1. The number of rotatable bonds is 5. The molecule has 1 aromatic heterocycles. The predicted octanol–water partition coefficient (Wildman–Crippen LogP) is 4.17. The highest BCUT2D eigenvalue weighted by Gasteiger charge is 2.19. The maximum atomic E-state index is 5.25. The fourth-order valence-electron chi connectivity index (χ4n) is 3.70. The van der Waals surface area contributed by atoms with Crippen molar-refractivity contribution in [1.82, 2.24) is 9.97 Å². The predicted molar refractivity (Wildman–Crippen MR) is 119 cm³/mol. The van der Waals surface area contributed by atoms with Gasteiger partial charge in [0.25, 0.3) is 0 Å². The van der Waals surface area contributed by atoms with Gasteiger partial charge in [-0.05, 0) is 55.3 Å². The number of methoxy groups -OCH3 is 1. The summed E-state index contributed by atoms with van der Waals surface area (Å²) in [6.07, 6.45) is 1.83. The molecule has 150 valence electrons. The number of para-hydroxylation sites is 1. The maximum absolute atomic E-state index is 5.25. The zero-order valence-electron chi connectivity index (χ0n) is 17.2. The molecule has 0 amide bonds. The number of hydrogen-bond acceptors (Lipinski definition) is 6. The lowest BCUT2D eigenvalue weighted by molar-refractivity contribution is 0.415. The Morgan fingerprint density at radius 1 is 0.862 bits per heavy atom. The van der Waals surface area contributed by atoms with Crippen LogP contribution in [0.1, 0.15) is 11.1 Å². The van der Waals surface area contributed by atoms with Gasteiger partial charge >= 0.3 is 0 Å². The van der Waals surface area contributed by atoms with E-state index in [0.717, 1.165) is 43.4 Å². The molecule has 6 heteroatoms. The summed E-state index contributed by atoms with van der Waals surface area (Å²) < 4.78 is 5.25. The van der Waals surface area contributed by atoms with Crippen molar-refractivity contribution >= 4 is 23.1 Å². The summed E-state index contributed by atoms with van der Waals surface area (Å²) in [4.78, 5) is 13.9. The molecule has 0 unspecified atom stereocenters. The number of hydrogen-bond donors (Lipinski definition) is 1. The first-order valence-corrected chi connectivity index (χ1v) is 9.94. The van der Waals surface area contributed by atoms with Crippen LogP contribution >= 0.6 is 0 Å². The third kappa shape index (κ3) is 4.26. The molecule has 0 aliphatic carbocycles. The molecule has 0 radical (unpaired) electrons. The Bertz CT molecular complexity index is 945. The van der Waals surface area contributed by atoms with E-state index in [9.17, 15) is 0 Å². The molecule has 6 nitrogen and oxygen atoms in total. The molecule has 4 rings (SSSR count). The van der Waals surface area contributed by atoms with E-state index in [4.69, 9.17) is 9.72 Å². The summed E-state index contributed by atoms with van der Waals surface area (Å²) in [5, 5.41) is 3.39. The van der Waals surface area contributed by atoms with E-state index in [-0.39, 0.29) is 0 Å². The van der Waals surface area contributed by atoms with Gasteiger partial charge < -0.3 is 19.9 Å². The van der Waals surface area contributed by atoms with Crippen LogP contribution in [-0.2, 0) is 0 Å². The summed E-state index contributed by atoms with van der Waals surface area (Å²) in [5.74, 6) is 2.48. The van der Waals surface area contributed by atoms with Crippen molar-refractivity contribution in [2.24, 2.45) is 0 Å². The maximum Gasteiger partial charge on any atom is 0.229 e. The average molecular weight is 390 g/mol. The molecule has 0 bridgehead atoms. The fourth-order valence-corrected chi connectivity index (χ4v) is 3.70. The number of benzene rings is 2. The van der Waals surface area contributed by atoms with Crippen LogP contribution in [0, 0.1) is 13.8 Å². The van der Waals surface area contributed by atoms with Crippen molar-refractivity contribution in [3.8, 4) is 5.75 Å². The molecule has 0 saturated carbocycles. The first-order valence-electron chi connectivity index (χ1n) is 9.94. The highest BCUT2D eigenvalue weighted by molar-refractivity contribution is 5.63. The van der Waals surface area contributed by atoms with Crippen molar-refractivity contribution in [3.63, 3.8) is 0 Å². The minimum atomic E-state index is 0.637. The highest BCUT2D eigenvalue weighted by atomic mass is 16.5. The Kier molecular flexibility index (Phi) is 5.51. The van der Waals surface area contributed by atoms with Crippen LogP contribution in [0.3, 0.4) is 0 Å². The van der Waals surface area contributed by atoms with E-state index in [1.165, 1.54) is 16.8 Å². The third-order valence-corrected chi connectivity index (χ3v) is 5.40. The van der Waals surface area contributed by atoms with Crippen molar-refractivity contribution in [2.45, 2.75) is 13.8 Å². The van der Waals surface area contributed by atoms with Gasteiger partial charge in [0.1, 0.15) is 11.6 Å². The number of ether oxygens (including phenoxy) is 1. The quantitative estimate of drug-likeness (QED) is 0.707. The Labute approximate surface area is 172 Å². The van der Waals surface area contributed by atoms with Crippen LogP contribution < -0.4 is 19.9 Å². The van der Waals surface area contributed by atoms with Gasteiger partial charge in [0, 0.05) is 43.8 Å². The fraction of sp³-hybridized carbons (Fsp3) is 0.304. The number of piperazine rings is 1. The normalized spacial score (nSPS) is 14.0. The largest absolute Gasteiger partial charge is 0.497 e. The molecule has 2 heterocycles. The van der Waals surface area contributed by atoms with Gasteiger partial charge in [-0.15, -0.1) is 0 Å². The number of nitrogens with one attached hydrogen (secondary N) is 1. The van der Waals surface area contributed by atoms with E-state index in [1.54, 1.807) is 7.11 Å². The summed E-state index contributed by atoms with van der Waals surface area (Å²) in [6, 6.07) is 16.5. The second-order valence-electron chi connectivity index (χ2n) is 7.30. The minimum absolute atomic E-state index is 0.637. The molecule has 2 aromatic carbocycles. The Morgan fingerprint density at radius 2 is 1.52 bits per heavy atom. The SMILES string of the molecule is COc1ccc(N2CCN(c3ccnc(Nc4c(C)cccc4C)n3)CC2)cc1. The monoisotopic (exact) mass is 389 g/mol. The Hall–Kier alpha value is -3.28. The molecule has 3 aromatic rings. The van der Waals surface area contributed by atoms with Crippen LogP contribution in [-0.4, -0.2) is 43.3 Å². The van der Waals surface area contributed by atoms with Crippen LogP contribution in [0.25, 0.3) is 0 Å². The molecule has 0 atom stereocenters. The van der Waals surface area contributed by atoms with E-state index < -0.39 is 0 Å². The number of aromatic nitrogens is 2. The standard InChI is InChI=1S/C23H27N5O/c1-17-5-4-6-18(2)22(17)26-23-24-12-11-21(25-23)28-15-13-27(14-16-28)19-7-9-20(29-3)10-8-19/h4-12H,13-16H2,1-3H3,(H,24,25,26). The second-order valence-corrected chi connectivity index (χ2v) is 7.30. The van der Waals surface area contributed by atoms with Gasteiger partial charge in [-0.25, -0.2) is 4.98 Å². The number of anilines is 4. The lowest BCUT2D eigenvalue weighted by Crippen LogP contribution is -2.46. The molecular formula is C23H27N5O. The summed E-state index contributed by atoms with van der Waals surface area (Å²) in [6.45, 7) is 7.94. The zero-order valence-corrected chi connectivity index (χ0v) is 17.2. The highest BCUT2D eigenvalue weighted by Crippen LogP contribution is 2.25. The molecule has 0 spiro atoms. The van der Waals surface area contributed by atoms with Crippen LogP contribution in [0.4, 0.5) is 23.1 Å². The summed E-state index contributed by atoms with van der Waals surface area (Å²) in [5.41, 5.74) is 4.68. The van der Waals surface area contributed by atoms with Crippen LogP contribution in [0.5, 0.6) is 5.75 Å². The molecule has 29 heavy (non-hydrogen) atoms. The van der Waals surface area contributed by atoms with E-state index in [1.807, 2.05) is 24.4 Å². The number of nitrogens with zero attached hydrogens (tertiary/aromatic N) is 4. The van der Waals surface area contributed by atoms with E-state index in [2.05, 4.69) is 64.3 Å². The minimum Gasteiger partial charge on any atom is -0.497 e. The van der Waals surface area contributed by atoms with Crippen LogP contribution in [0.15, 0.2) is 54.7 Å². The lowest BCUT2D eigenvalue weighted by atomic mass is 10.1. The van der Waals surface area contributed by atoms with Crippen molar-refractivity contribution in [2.75, 3.05) is 48.4 Å². The van der Waals surface area contributed by atoms with Gasteiger partial charge in [-0.1, -0.05) is 18.2 Å². The lowest BCUT2D eigenvalue weighted by Gasteiger charge is -2.36. The van der Waals surface area contributed by atoms with Crippen molar-refractivity contribution in [3.05, 3.63) is 65.9 Å². The van der Waals surface area contributed by atoms with Gasteiger partial charge in [-0.2, -0.15) is 4.98 Å². The van der Waals surface area contributed by atoms with E-state index >= 15 is 0 Å². The van der Waals surface area contributed by atoms with Gasteiger partial charge in [-0.3, -0.25) is 0 Å². The summed E-state index contributed by atoms with van der Waals surface area (Å²) in [7, 11) is 1.69. The summed E-state index contributed by atoms with van der Waals surface area (Å²) >= 11 is 0. The average Bonchev–Trinajstić information content (AvgIpc) is 2.77. The first-order chi connectivity index (χ1) is 14.1. The molecule has 1 N–H and O–H groups in total. The Balaban J connectivity index is 1.43. The van der Waals surface area contributed by atoms with Crippen LogP contribution in [0.2, 0.25) is 0 Å². The molecule has 1 aliphatic rings. The van der Waals surface area contributed by atoms with Crippen molar-refractivity contribution in [1.29, 1.82) is 0 Å². The van der Waals surface area contributed by atoms with Gasteiger partial charge in [0.15, 0.2) is 0 Å². The molecular weight excluding hydrogens is 362 g/mol. The van der Waals surface area contributed by atoms with Gasteiger partial charge in [0.05, 0.1) is 7.11 Å². The van der Waals surface area contributed by atoms with Crippen molar-refractivity contribution < 1.29 is 4.74 Å². The second kappa shape index (κ2) is 8.39. The topological polar surface area (TPSA) is 53.5 Å². The third-order valence-electron chi connectivity index (χ3n) is 5.40. The Morgan fingerprint density at radius 3 is 2.17 bits per heavy atom. The number of aryl methyl sites for hydroxylation is 2. The smallest absolute Gasteiger partial charge is 0.229 e. The zero-order chi connectivity index (χ0) is 20.2. The van der Waals surface area contributed by atoms with E-state index in [0.29, 0.717) is 5.95 Å².